The van der Waals surface area contributed by atoms with Crippen LogP contribution in [0.3, 0.4) is 0 Å². The Morgan fingerprint density at radius 1 is 1.52 bits per heavy atom. The third-order valence-electron chi connectivity index (χ3n) is 5.02. The molecule has 4 rings (SSSR count). The third-order valence-corrected chi connectivity index (χ3v) is 5.02. The van der Waals surface area contributed by atoms with E-state index in [2.05, 4.69) is 0 Å². The van der Waals surface area contributed by atoms with E-state index in [1.807, 2.05) is 6.92 Å². The standard InChI is InChI=1S/C17H17FN2O4.ClH/c1-2-8-7-24-15-12(17(19)3-4-17)11(18)5-9-13(15)20(8)6-10(14(9)21)16(22)23;/h5-6,8H,2-4,7,19H2,1H3,(H,22,23);1H/t8-;/m0./s1. The fourth-order valence-electron chi connectivity index (χ4n) is 3.46. The minimum absolute atomic E-state index is 0. The van der Waals surface area contributed by atoms with E-state index in [1.54, 1.807) is 4.57 Å². The van der Waals surface area contributed by atoms with Crippen LogP contribution in [0.15, 0.2) is 17.1 Å². The molecule has 0 unspecified atom stereocenters. The minimum atomic E-state index is -1.32. The lowest BCUT2D eigenvalue weighted by atomic mass is 9.97. The van der Waals surface area contributed by atoms with Gasteiger partial charge in [-0.15, -0.1) is 12.4 Å². The summed E-state index contributed by atoms with van der Waals surface area (Å²) in [5.74, 6) is -1.65. The van der Waals surface area contributed by atoms with Crippen LogP contribution in [0.5, 0.6) is 5.75 Å². The van der Waals surface area contributed by atoms with E-state index < -0.39 is 22.8 Å². The van der Waals surface area contributed by atoms with Crippen LogP contribution in [0.25, 0.3) is 10.9 Å². The van der Waals surface area contributed by atoms with E-state index in [0.717, 1.165) is 6.07 Å². The molecule has 0 amide bonds. The van der Waals surface area contributed by atoms with Gasteiger partial charge < -0.3 is 20.1 Å². The maximum Gasteiger partial charge on any atom is 0.341 e. The number of hydrogen-bond acceptors (Lipinski definition) is 4. The predicted molar refractivity (Wildman–Crippen MR) is 92.3 cm³/mol. The molecule has 1 aromatic heterocycles. The number of carboxylic acid groups (broad SMARTS) is 1. The monoisotopic (exact) mass is 368 g/mol. The van der Waals surface area contributed by atoms with E-state index in [9.17, 15) is 19.1 Å². The molecular formula is C17H18ClFN2O4. The average molecular weight is 369 g/mol. The van der Waals surface area contributed by atoms with Crippen LogP contribution in [0.1, 0.15) is 48.1 Å². The molecule has 2 aliphatic rings. The van der Waals surface area contributed by atoms with Crippen molar-refractivity contribution in [1.82, 2.24) is 4.57 Å². The van der Waals surface area contributed by atoms with Crippen molar-refractivity contribution in [3.63, 3.8) is 0 Å². The SMILES string of the molecule is CC[C@H]1COc2c(C3(N)CC3)c(F)cc3c(=O)c(C(=O)O)cn1c23.Cl. The van der Waals surface area contributed by atoms with Gasteiger partial charge in [0.2, 0.25) is 5.43 Å². The van der Waals surface area contributed by atoms with Crippen molar-refractivity contribution in [2.24, 2.45) is 5.73 Å². The molecule has 25 heavy (non-hydrogen) atoms. The molecule has 1 fully saturated rings. The van der Waals surface area contributed by atoms with Crippen molar-refractivity contribution in [2.45, 2.75) is 37.8 Å². The minimum Gasteiger partial charge on any atom is -0.489 e. The highest BCUT2D eigenvalue weighted by molar-refractivity contribution is 5.95. The van der Waals surface area contributed by atoms with E-state index in [-0.39, 0.29) is 41.8 Å². The largest absolute Gasteiger partial charge is 0.489 e. The van der Waals surface area contributed by atoms with Crippen LogP contribution in [-0.2, 0) is 5.54 Å². The zero-order valence-corrected chi connectivity index (χ0v) is 14.4. The van der Waals surface area contributed by atoms with Crippen LogP contribution in [-0.4, -0.2) is 22.2 Å². The van der Waals surface area contributed by atoms with Gasteiger partial charge in [0.15, 0.2) is 5.75 Å². The molecular weight excluding hydrogens is 351 g/mol. The number of aromatic nitrogens is 1. The maximum atomic E-state index is 14.7. The van der Waals surface area contributed by atoms with Crippen molar-refractivity contribution in [3.8, 4) is 5.75 Å². The average Bonchev–Trinajstić information content (AvgIpc) is 3.27. The Balaban J connectivity index is 0.00000182. The molecule has 0 saturated heterocycles. The molecule has 8 heteroatoms. The lowest BCUT2D eigenvalue weighted by Crippen LogP contribution is -2.30. The number of nitrogens with zero attached hydrogens (tertiary/aromatic N) is 1. The highest BCUT2D eigenvalue weighted by Crippen LogP contribution is 2.50. The second-order valence-electron chi connectivity index (χ2n) is 6.57. The third kappa shape index (κ3) is 2.41. The van der Waals surface area contributed by atoms with Gasteiger partial charge in [0.1, 0.15) is 18.0 Å². The van der Waals surface area contributed by atoms with Crippen molar-refractivity contribution in [3.05, 3.63) is 39.4 Å². The van der Waals surface area contributed by atoms with Crippen LogP contribution in [0.4, 0.5) is 4.39 Å². The van der Waals surface area contributed by atoms with Crippen molar-refractivity contribution in [1.29, 1.82) is 0 Å². The number of ether oxygens (including phenoxy) is 1. The Bertz CT molecular complexity index is 952. The first-order chi connectivity index (χ1) is 11.4. The number of aromatic carboxylic acids is 1. The summed E-state index contributed by atoms with van der Waals surface area (Å²) in [6.45, 7) is 2.23. The molecule has 6 nitrogen and oxygen atoms in total. The van der Waals surface area contributed by atoms with Crippen molar-refractivity contribution in [2.75, 3.05) is 6.61 Å². The van der Waals surface area contributed by atoms with E-state index in [4.69, 9.17) is 10.5 Å². The second kappa shape index (κ2) is 5.71. The Morgan fingerprint density at radius 3 is 2.76 bits per heavy atom. The van der Waals surface area contributed by atoms with Crippen LogP contribution < -0.4 is 15.9 Å². The molecule has 1 saturated carbocycles. The van der Waals surface area contributed by atoms with Gasteiger partial charge in [-0.3, -0.25) is 4.79 Å². The zero-order chi connectivity index (χ0) is 17.2. The Hall–Kier alpha value is -2.12. The molecule has 1 aliphatic heterocycles. The van der Waals surface area contributed by atoms with Gasteiger partial charge in [0.05, 0.1) is 22.5 Å². The molecule has 1 aliphatic carbocycles. The Labute approximate surface area is 148 Å². The van der Waals surface area contributed by atoms with Gasteiger partial charge in [-0.25, -0.2) is 9.18 Å². The van der Waals surface area contributed by atoms with E-state index >= 15 is 0 Å². The quantitative estimate of drug-likeness (QED) is 0.868. The first-order valence-electron chi connectivity index (χ1n) is 7.94. The first kappa shape index (κ1) is 17.7. The summed E-state index contributed by atoms with van der Waals surface area (Å²) >= 11 is 0. The summed E-state index contributed by atoms with van der Waals surface area (Å²) in [6.07, 6.45) is 3.34. The summed E-state index contributed by atoms with van der Waals surface area (Å²) in [7, 11) is 0. The van der Waals surface area contributed by atoms with Gasteiger partial charge in [0, 0.05) is 11.7 Å². The number of carbonyl (C=O) groups is 1. The van der Waals surface area contributed by atoms with E-state index in [0.29, 0.717) is 30.3 Å². The van der Waals surface area contributed by atoms with Crippen molar-refractivity contribution >= 4 is 29.3 Å². The van der Waals surface area contributed by atoms with Gasteiger partial charge in [-0.2, -0.15) is 0 Å². The van der Waals surface area contributed by atoms with Gasteiger partial charge in [-0.1, -0.05) is 6.92 Å². The van der Waals surface area contributed by atoms with Crippen molar-refractivity contribution < 1.29 is 19.0 Å². The second-order valence-corrected chi connectivity index (χ2v) is 6.57. The van der Waals surface area contributed by atoms with E-state index in [1.165, 1.54) is 6.20 Å². The molecule has 1 atom stereocenters. The molecule has 0 bridgehead atoms. The fraction of sp³-hybridized carbons (Fsp3) is 0.412. The Morgan fingerprint density at radius 2 is 2.20 bits per heavy atom. The molecule has 0 radical (unpaired) electrons. The number of benzene rings is 1. The summed E-state index contributed by atoms with van der Waals surface area (Å²) in [6, 6.07) is 0.985. The van der Waals surface area contributed by atoms with Crippen LogP contribution >= 0.6 is 12.4 Å². The Kier molecular flexibility index (Phi) is 4.04. The topological polar surface area (TPSA) is 94.6 Å². The summed E-state index contributed by atoms with van der Waals surface area (Å²) in [4.78, 5) is 23.9. The molecule has 134 valence electrons. The van der Waals surface area contributed by atoms with Crippen LogP contribution in [0, 0.1) is 5.82 Å². The van der Waals surface area contributed by atoms with Gasteiger partial charge >= 0.3 is 5.97 Å². The summed E-state index contributed by atoms with van der Waals surface area (Å²) in [5.41, 5.74) is 5.09. The van der Waals surface area contributed by atoms with Crippen LogP contribution in [0.2, 0.25) is 0 Å². The lowest BCUT2D eigenvalue weighted by Gasteiger charge is -2.31. The molecule has 2 aromatic rings. The number of pyridine rings is 1. The van der Waals surface area contributed by atoms with Gasteiger partial charge in [0.25, 0.3) is 0 Å². The number of rotatable bonds is 3. The molecule has 3 N–H and O–H groups in total. The summed E-state index contributed by atoms with van der Waals surface area (Å²) < 4.78 is 22.2. The number of hydrogen-bond donors (Lipinski definition) is 2. The number of halogens is 2. The molecule has 1 aromatic carbocycles. The predicted octanol–water partition coefficient (Wildman–Crippen LogP) is 2.55. The highest BCUT2D eigenvalue weighted by Gasteiger charge is 2.46. The normalized spacial score (nSPS) is 19.9. The smallest absolute Gasteiger partial charge is 0.341 e. The van der Waals surface area contributed by atoms with Gasteiger partial charge in [-0.05, 0) is 25.3 Å². The number of carboxylic acids is 1. The molecule has 2 heterocycles. The molecule has 0 spiro atoms. The fourth-order valence-corrected chi connectivity index (χ4v) is 3.46. The summed E-state index contributed by atoms with van der Waals surface area (Å²) in [5, 5.41) is 9.32. The number of nitrogens with two attached hydrogens (primary N) is 1. The lowest BCUT2D eigenvalue weighted by molar-refractivity contribution is 0.0694. The highest BCUT2D eigenvalue weighted by atomic mass is 35.5. The zero-order valence-electron chi connectivity index (χ0n) is 13.5. The maximum absolute atomic E-state index is 14.7. The first-order valence-corrected chi connectivity index (χ1v) is 7.94.